The van der Waals surface area contributed by atoms with E-state index < -0.39 is 57.9 Å². The van der Waals surface area contributed by atoms with Gasteiger partial charge >= 0.3 is 24.4 Å². The first-order valence-electron chi connectivity index (χ1n) is 27.2. The van der Waals surface area contributed by atoms with Crippen LogP contribution in [0.5, 0.6) is 0 Å². The van der Waals surface area contributed by atoms with Crippen LogP contribution in [0.3, 0.4) is 0 Å². The van der Waals surface area contributed by atoms with Gasteiger partial charge in [0, 0.05) is 45.4 Å². The second-order valence-electron chi connectivity index (χ2n) is 23.6. The van der Waals surface area contributed by atoms with Crippen molar-refractivity contribution in [3.8, 4) is 21.1 Å². The number of carbonyl (C=O) groups excluding carboxylic acids is 6. The highest BCUT2D eigenvalue weighted by atomic mass is 35.5. The zero-order chi connectivity index (χ0) is 64.9. The molecule has 6 aromatic heterocycles. The van der Waals surface area contributed by atoms with Gasteiger partial charge in [0.05, 0.1) is 34.8 Å². The van der Waals surface area contributed by atoms with Gasteiger partial charge in [-0.3, -0.25) is 9.59 Å². The largest absolute Gasteiger partial charge is 0.443 e. The number of nitrogens with zero attached hydrogens (tertiary/aromatic N) is 12. The lowest BCUT2D eigenvalue weighted by Gasteiger charge is -2.25. The van der Waals surface area contributed by atoms with Crippen LogP contribution in [-0.4, -0.2) is 108 Å². The second-order valence-corrected chi connectivity index (χ2v) is 25.8. The van der Waals surface area contributed by atoms with Gasteiger partial charge in [0.2, 0.25) is 10.3 Å². The average molecular weight is 1270 g/mol. The highest BCUT2D eigenvalue weighted by molar-refractivity contribution is 7.19. The Morgan fingerprint density at radius 3 is 1.36 bits per heavy atom. The molecule has 0 saturated carbocycles. The molecular formula is C60H63ClN14O12S2. The van der Waals surface area contributed by atoms with E-state index in [0.717, 1.165) is 16.9 Å². The Labute approximate surface area is 522 Å². The van der Waals surface area contributed by atoms with E-state index in [4.69, 9.17) is 40.8 Å². The normalized spacial score (nSPS) is 11.6. The number of amides is 3. The third-order valence-electron chi connectivity index (χ3n) is 11.3. The number of aryl methyl sites for hydroxylation is 2. The van der Waals surface area contributed by atoms with Crippen LogP contribution < -0.4 is 20.9 Å². The smallest absolute Gasteiger partial charge is 0.435 e. The van der Waals surface area contributed by atoms with Crippen LogP contribution >= 0.6 is 34.3 Å². The van der Waals surface area contributed by atoms with E-state index in [1.165, 1.54) is 49.0 Å². The van der Waals surface area contributed by atoms with E-state index >= 15 is 0 Å². The zero-order valence-corrected chi connectivity index (χ0v) is 53.3. The maximum atomic E-state index is 13.5. The third-order valence-corrected chi connectivity index (χ3v) is 13.4. The van der Waals surface area contributed by atoms with E-state index in [0.29, 0.717) is 76.8 Å². The lowest BCUT2D eigenvalue weighted by Crippen LogP contribution is -2.33. The second kappa shape index (κ2) is 26.2. The summed E-state index contributed by atoms with van der Waals surface area (Å²) in [6, 6.07) is 27.5. The van der Waals surface area contributed by atoms with E-state index in [-0.39, 0.29) is 16.5 Å². The highest BCUT2D eigenvalue weighted by Crippen LogP contribution is 2.38. The van der Waals surface area contributed by atoms with Gasteiger partial charge < -0.3 is 39.0 Å². The average Bonchev–Trinajstić information content (AvgIpc) is 1.87. The van der Waals surface area contributed by atoms with E-state index in [1.54, 1.807) is 170 Å². The van der Waals surface area contributed by atoms with Gasteiger partial charge in [-0.2, -0.15) is 19.6 Å². The maximum Gasteiger partial charge on any atom is 0.435 e. The first kappa shape index (κ1) is 65.1. The van der Waals surface area contributed by atoms with Crippen molar-refractivity contribution < 1.29 is 56.8 Å². The molecule has 0 bridgehead atoms. The van der Waals surface area contributed by atoms with Crippen LogP contribution in [0.25, 0.3) is 42.9 Å². The topological polar surface area (TPSA) is 323 Å². The SMILES string of the molecule is CC(C)(C)OC(=O)N(c1ccc2c(cnn2C(=O)OC(C)(C)C)c1)c1nnc(-c2cccc(N)c2)s1.Cc1cc(C(=O)Cl)no1.Cc1cc(C(=O)Nc2cccc(-c3nnc(N(C(=O)OC(C)(C)C)c4ccc5c(cnn5C(=O)OC(C)(C)C)c4)s3)c2)no1. The number of anilines is 6. The first-order valence-corrected chi connectivity index (χ1v) is 29.2. The molecule has 4 aromatic carbocycles. The Morgan fingerprint density at radius 2 is 0.966 bits per heavy atom. The summed E-state index contributed by atoms with van der Waals surface area (Å²) >= 11 is 7.44. The number of nitrogens with two attached hydrogens (primary N) is 1. The number of ether oxygens (including phenoxy) is 4. The molecule has 0 aliphatic heterocycles. The summed E-state index contributed by atoms with van der Waals surface area (Å²) in [5.74, 6) is 0.688. The maximum absolute atomic E-state index is 13.5. The van der Waals surface area contributed by atoms with E-state index in [1.807, 2.05) is 18.2 Å². The molecule has 29 heteroatoms. The van der Waals surface area contributed by atoms with Crippen molar-refractivity contribution >= 4 is 125 Å². The Bertz CT molecular complexity index is 4250. The molecule has 3 N–H and O–H groups in total. The summed E-state index contributed by atoms with van der Waals surface area (Å²) in [4.78, 5) is 77.6. The molecule has 10 rings (SSSR count). The number of fused-ring (bicyclic) bond motifs is 2. The van der Waals surface area contributed by atoms with Gasteiger partial charge in [-0.1, -0.05) is 57.3 Å². The van der Waals surface area contributed by atoms with Crippen LogP contribution in [0.2, 0.25) is 0 Å². The molecule has 6 heterocycles. The van der Waals surface area contributed by atoms with Gasteiger partial charge in [0.25, 0.3) is 11.1 Å². The predicted octanol–water partition coefficient (Wildman–Crippen LogP) is 14.3. The number of carbonyl (C=O) groups is 6. The number of nitrogens with one attached hydrogen (secondary N) is 1. The minimum atomic E-state index is -0.788. The van der Waals surface area contributed by atoms with Gasteiger partial charge in [0.15, 0.2) is 11.4 Å². The number of hydrogen-bond donors (Lipinski definition) is 2. The van der Waals surface area contributed by atoms with Crippen molar-refractivity contribution in [2.45, 2.75) is 119 Å². The molecule has 0 aliphatic rings. The fourth-order valence-corrected chi connectivity index (χ4v) is 9.59. The molecule has 0 aliphatic carbocycles. The lowest BCUT2D eigenvalue weighted by atomic mass is 10.2. The third kappa shape index (κ3) is 17.2. The summed E-state index contributed by atoms with van der Waals surface area (Å²) in [5, 5.41) is 37.7. The van der Waals surface area contributed by atoms with Crippen LogP contribution in [0.15, 0.2) is 119 Å². The standard InChI is InChI=1S/C30H31N7O6S.C25H28N6O4S.C5H4ClNO2/c1-17-13-22(35-43-17)24(38)32-20-10-8-9-18(14-20)25-33-34-26(44-25)36(27(39)41-29(2,3)4)21-11-12-23-19(15-21)16-31-37(23)28(40)42-30(5,6)7;1-24(2,3)34-22(32)30(21-29-28-20(36-21)15-8-7-9-17(26)12-15)18-10-11-19-16(13-18)14-27-31(19)23(33)35-25(4,5)6;1-3-2-4(5(6)8)7-9-3/h8-16H,1-7H3,(H,32,38);7-14H,26H2,1-6H3;2H,1H3. The van der Waals surface area contributed by atoms with Crippen LogP contribution in [-0.2, 0) is 18.9 Å². The molecule has 0 unspecified atom stereocenters. The Morgan fingerprint density at radius 1 is 0.539 bits per heavy atom. The minimum Gasteiger partial charge on any atom is -0.443 e. The van der Waals surface area contributed by atoms with Crippen LogP contribution in [0.4, 0.5) is 52.2 Å². The van der Waals surface area contributed by atoms with Crippen molar-refractivity contribution in [2.75, 3.05) is 20.9 Å². The summed E-state index contributed by atoms with van der Waals surface area (Å²) in [5.41, 5.74) is 7.88. The Kier molecular flexibility index (Phi) is 19.1. The fraction of sp³-hybridized carbons (Fsp3) is 0.300. The van der Waals surface area contributed by atoms with Gasteiger partial charge in [-0.15, -0.1) is 20.4 Å². The molecule has 0 radical (unpaired) electrons. The molecule has 0 atom stereocenters. The van der Waals surface area contributed by atoms with Crippen LogP contribution in [0.1, 0.15) is 116 Å². The van der Waals surface area contributed by atoms with Crippen LogP contribution in [0, 0.1) is 13.8 Å². The number of nitrogen functional groups attached to an aromatic ring is 1. The molecule has 10 aromatic rings. The van der Waals surface area contributed by atoms with Crippen molar-refractivity contribution in [3.63, 3.8) is 0 Å². The number of benzene rings is 4. The molecule has 0 spiro atoms. The molecule has 0 saturated heterocycles. The van der Waals surface area contributed by atoms with Gasteiger partial charge in [-0.05, 0) is 169 Å². The Hall–Kier alpha value is -9.93. The summed E-state index contributed by atoms with van der Waals surface area (Å²) < 4.78 is 34.2. The van der Waals surface area contributed by atoms with Gasteiger partial charge in [-0.25, -0.2) is 29.0 Å². The molecular weight excluding hydrogens is 1210 g/mol. The monoisotopic (exact) mass is 1270 g/mol. The number of aromatic nitrogens is 10. The van der Waals surface area contributed by atoms with E-state index in [2.05, 4.69) is 50.7 Å². The van der Waals surface area contributed by atoms with Gasteiger partial charge in [0.1, 0.15) is 43.9 Å². The molecule has 464 valence electrons. The highest BCUT2D eigenvalue weighted by Gasteiger charge is 2.32. The number of halogens is 1. The number of hydrogen-bond acceptors (Lipinski definition) is 23. The zero-order valence-electron chi connectivity index (χ0n) is 50.9. The molecule has 26 nitrogen and oxygen atoms in total. The predicted molar refractivity (Wildman–Crippen MR) is 335 cm³/mol. The van der Waals surface area contributed by atoms with Crippen molar-refractivity contribution in [1.82, 2.24) is 50.3 Å². The first-order chi connectivity index (χ1) is 41.7. The summed E-state index contributed by atoms with van der Waals surface area (Å²) in [6.45, 7) is 24.7. The summed E-state index contributed by atoms with van der Waals surface area (Å²) in [7, 11) is 0. The van der Waals surface area contributed by atoms with Crippen molar-refractivity contribution in [2.24, 2.45) is 0 Å². The molecule has 89 heavy (non-hydrogen) atoms. The van der Waals surface area contributed by atoms with E-state index in [9.17, 15) is 28.8 Å². The quantitative estimate of drug-likeness (QED) is 0.0770. The lowest BCUT2D eigenvalue weighted by molar-refractivity contribution is 0.0511. The van der Waals surface area contributed by atoms with Crippen molar-refractivity contribution in [1.29, 1.82) is 0 Å². The fourth-order valence-electron chi connectivity index (χ4n) is 7.80. The number of rotatable bonds is 9. The minimum absolute atomic E-state index is 0.160. The van der Waals surface area contributed by atoms with Crippen molar-refractivity contribution in [3.05, 3.63) is 132 Å². The molecule has 3 amide bonds. The Balaban J connectivity index is 0.000000204. The molecule has 0 fully saturated rings. The summed E-state index contributed by atoms with van der Waals surface area (Å²) in [6.07, 6.45) is 0.563.